The fraction of sp³-hybridized carbons (Fsp3) is 0.0500. The molecule has 5 heteroatoms. The zero-order valence-electron chi connectivity index (χ0n) is 24.3. The molecule has 1 aliphatic rings. The summed E-state index contributed by atoms with van der Waals surface area (Å²) in [6, 6.07) is 35.8. The third-order valence-corrected chi connectivity index (χ3v) is 8.63. The van der Waals surface area contributed by atoms with Crippen molar-refractivity contribution in [3.05, 3.63) is 140 Å². The van der Waals surface area contributed by atoms with Gasteiger partial charge in [0, 0.05) is 39.7 Å². The van der Waals surface area contributed by atoms with Crippen LogP contribution < -0.4 is 0 Å². The van der Waals surface area contributed by atoms with Gasteiger partial charge in [-0.15, -0.1) is 0 Å². The van der Waals surface area contributed by atoms with Crippen molar-refractivity contribution in [2.45, 2.75) is 12.8 Å². The van der Waals surface area contributed by atoms with Gasteiger partial charge in [0.25, 0.3) is 0 Å². The minimum atomic E-state index is 0.587. The molecule has 45 heavy (non-hydrogen) atoms. The molecule has 0 unspecified atom stereocenters. The molecule has 0 spiro atoms. The van der Waals surface area contributed by atoms with Gasteiger partial charge in [-0.25, -0.2) is 15.0 Å². The lowest BCUT2D eigenvalue weighted by Gasteiger charge is -2.11. The molecule has 5 nitrogen and oxygen atoms in total. The summed E-state index contributed by atoms with van der Waals surface area (Å²) in [7, 11) is 0. The number of allylic oxidation sites excluding steroid dienone is 4. The zero-order valence-corrected chi connectivity index (χ0v) is 24.3. The van der Waals surface area contributed by atoms with Gasteiger partial charge in [0.2, 0.25) is 0 Å². The molecule has 1 aliphatic carbocycles. The minimum Gasteiger partial charge on any atom is -0.455 e. The topological polar surface area (TPSA) is 64.7 Å². The van der Waals surface area contributed by atoms with Crippen LogP contribution in [0, 0.1) is 0 Å². The highest BCUT2D eigenvalue weighted by Crippen LogP contribution is 2.39. The van der Waals surface area contributed by atoms with E-state index in [-0.39, 0.29) is 0 Å². The summed E-state index contributed by atoms with van der Waals surface area (Å²) in [6.45, 7) is 0. The van der Waals surface area contributed by atoms with E-state index in [1.807, 2.05) is 36.7 Å². The quantitative estimate of drug-likeness (QED) is 0.208. The lowest BCUT2D eigenvalue weighted by atomic mass is 10.00. The van der Waals surface area contributed by atoms with Gasteiger partial charge in [-0.1, -0.05) is 91.0 Å². The summed E-state index contributed by atoms with van der Waals surface area (Å²) < 4.78 is 6.52. The van der Waals surface area contributed by atoms with Crippen LogP contribution in [0.3, 0.4) is 0 Å². The van der Waals surface area contributed by atoms with E-state index >= 15 is 0 Å². The standard InChI is InChI=1S/C40H26N4O/c1-2-8-27(9-3-1)38-42-39(28-16-13-26(14-17-28)30-18-15-25-7-4-5-10-29(25)23-30)44-40(43-38)34-12-6-11-33-36-32-21-22-41-24-31(32)19-20-35(36)45-37(33)34/h2,4-24H,1,3H2. The molecule has 0 atom stereocenters. The Bertz CT molecular complexity index is 2490. The lowest BCUT2D eigenvalue weighted by Crippen LogP contribution is -2.03. The van der Waals surface area contributed by atoms with Gasteiger partial charge < -0.3 is 4.42 Å². The van der Waals surface area contributed by atoms with Crippen LogP contribution in [0.1, 0.15) is 18.7 Å². The van der Waals surface area contributed by atoms with Gasteiger partial charge in [-0.05, 0) is 70.5 Å². The van der Waals surface area contributed by atoms with E-state index in [0.29, 0.717) is 17.5 Å². The van der Waals surface area contributed by atoms with Gasteiger partial charge in [-0.2, -0.15) is 0 Å². The molecule has 0 aliphatic heterocycles. The van der Waals surface area contributed by atoms with Crippen LogP contribution in [0.15, 0.2) is 138 Å². The van der Waals surface area contributed by atoms with Crippen molar-refractivity contribution in [2.75, 3.05) is 0 Å². The molecular weight excluding hydrogens is 552 g/mol. The Morgan fingerprint density at radius 1 is 0.578 bits per heavy atom. The number of fused-ring (bicyclic) bond motifs is 6. The molecule has 0 saturated heterocycles. The van der Waals surface area contributed by atoms with Gasteiger partial charge >= 0.3 is 0 Å². The molecule has 8 aromatic rings. The predicted molar refractivity (Wildman–Crippen MR) is 183 cm³/mol. The first-order valence-electron chi connectivity index (χ1n) is 15.2. The number of nitrogens with zero attached hydrogens (tertiary/aromatic N) is 4. The first-order chi connectivity index (χ1) is 22.3. The summed E-state index contributed by atoms with van der Waals surface area (Å²) in [4.78, 5) is 19.4. The molecule has 3 aromatic heterocycles. The Hall–Kier alpha value is -5.94. The first-order valence-corrected chi connectivity index (χ1v) is 15.2. The van der Waals surface area contributed by atoms with Gasteiger partial charge in [0.05, 0.1) is 5.56 Å². The second kappa shape index (κ2) is 10.4. The van der Waals surface area contributed by atoms with E-state index in [4.69, 9.17) is 19.4 Å². The average molecular weight is 579 g/mol. The van der Waals surface area contributed by atoms with Gasteiger partial charge in [0.15, 0.2) is 17.5 Å². The Morgan fingerprint density at radius 2 is 1.38 bits per heavy atom. The molecule has 3 heterocycles. The highest BCUT2D eigenvalue weighted by molar-refractivity contribution is 6.20. The third kappa shape index (κ3) is 4.40. The lowest BCUT2D eigenvalue weighted by molar-refractivity contribution is 0.669. The first kappa shape index (κ1) is 25.5. The number of furan rings is 1. The normalized spacial score (nSPS) is 13.2. The van der Waals surface area contributed by atoms with E-state index in [1.54, 1.807) is 0 Å². The highest BCUT2D eigenvalue weighted by atomic mass is 16.3. The maximum Gasteiger partial charge on any atom is 0.167 e. The number of para-hydroxylation sites is 1. The van der Waals surface area contributed by atoms with Crippen molar-refractivity contribution < 1.29 is 4.42 Å². The van der Waals surface area contributed by atoms with Crippen LogP contribution in [0.2, 0.25) is 0 Å². The Labute approximate surface area is 259 Å². The average Bonchev–Trinajstić information content (AvgIpc) is 3.51. The van der Waals surface area contributed by atoms with Crippen molar-refractivity contribution in [1.82, 2.24) is 19.9 Å². The molecule has 0 N–H and O–H groups in total. The van der Waals surface area contributed by atoms with E-state index in [1.165, 1.54) is 16.3 Å². The molecule has 0 fully saturated rings. The van der Waals surface area contributed by atoms with Crippen LogP contribution in [0.5, 0.6) is 0 Å². The Kier molecular flexibility index (Phi) is 5.88. The fourth-order valence-electron chi connectivity index (χ4n) is 6.36. The number of rotatable bonds is 4. The predicted octanol–water partition coefficient (Wildman–Crippen LogP) is 10.2. The van der Waals surface area contributed by atoms with Crippen molar-refractivity contribution in [2.24, 2.45) is 0 Å². The summed E-state index contributed by atoms with van der Waals surface area (Å²) in [5, 5.41) is 6.75. The Balaban J connectivity index is 1.19. The second-order valence-corrected chi connectivity index (χ2v) is 11.4. The Morgan fingerprint density at radius 3 is 2.27 bits per heavy atom. The molecular formula is C40H26N4O. The maximum atomic E-state index is 6.52. The van der Waals surface area contributed by atoms with E-state index < -0.39 is 0 Å². The molecule has 0 saturated carbocycles. The van der Waals surface area contributed by atoms with Crippen molar-refractivity contribution in [3.63, 3.8) is 0 Å². The van der Waals surface area contributed by atoms with Crippen LogP contribution in [-0.2, 0) is 0 Å². The smallest absolute Gasteiger partial charge is 0.167 e. The van der Waals surface area contributed by atoms with Crippen molar-refractivity contribution in [3.8, 4) is 33.9 Å². The number of benzene rings is 5. The van der Waals surface area contributed by atoms with Crippen molar-refractivity contribution in [1.29, 1.82) is 0 Å². The highest BCUT2D eigenvalue weighted by Gasteiger charge is 2.19. The fourth-order valence-corrected chi connectivity index (χ4v) is 6.36. The second-order valence-electron chi connectivity index (χ2n) is 11.4. The van der Waals surface area contributed by atoms with Crippen molar-refractivity contribution >= 4 is 49.1 Å². The van der Waals surface area contributed by atoms with E-state index in [2.05, 4.69) is 102 Å². The summed E-state index contributed by atoms with van der Waals surface area (Å²) in [6.07, 6.45) is 12.2. The van der Waals surface area contributed by atoms with Gasteiger partial charge in [0.1, 0.15) is 11.2 Å². The van der Waals surface area contributed by atoms with Crippen LogP contribution in [0.25, 0.3) is 83.0 Å². The van der Waals surface area contributed by atoms with Crippen LogP contribution in [0.4, 0.5) is 0 Å². The zero-order chi connectivity index (χ0) is 29.7. The van der Waals surface area contributed by atoms with Gasteiger partial charge in [-0.3, -0.25) is 4.98 Å². The molecule has 9 rings (SSSR count). The van der Waals surface area contributed by atoms with E-state index in [9.17, 15) is 0 Å². The SMILES string of the molecule is C1=CC(c2nc(-c3ccc(-c4ccc5ccccc5c4)cc3)nc(-c3cccc4c3oc3ccc5cnccc5c34)n2)=CCC1. The molecule has 0 radical (unpaired) electrons. The third-order valence-electron chi connectivity index (χ3n) is 8.63. The molecule has 0 amide bonds. The number of hydrogen-bond donors (Lipinski definition) is 0. The minimum absolute atomic E-state index is 0.587. The summed E-state index contributed by atoms with van der Waals surface area (Å²) in [5.74, 6) is 1.88. The maximum absolute atomic E-state index is 6.52. The number of pyridine rings is 1. The summed E-state index contributed by atoms with van der Waals surface area (Å²) in [5.41, 5.74) is 6.69. The molecule has 5 aromatic carbocycles. The monoisotopic (exact) mass is 578 g/mol. The summed E-state index contributed by atoms with van der Waals surface area (Å²) >= 11 is 0. The van der Waals surface area contributed by atoms with Crippen LogP contribution >= 0.6 is 0 Å². The van der Waals surface area contributed by atoms with E-state index in [0.717, 1.165) is 67.8 Å². The number of hydrogen-bond acceptors (Lipinski definition) is 5. The number of aromatic nitrogens is 4. The molecule has 0 bridgehead atoms. The van der Waals surface area contributed by atoms with Crippen LogP contribution in [-0.4, -0.2) is 19.9 Å². The largest absolute Gasteiger partial charge is 0.455 e. The molecule has 212 valence electrons.